The van der Waals surface area contributed by atoms with Crippen molar-refractivity contribution in [2.45, 2.75) is 25.9 Å². The van der Waals surface area contributed by atoms with Gasteiger partial charge in [-0.15, -0.1) is 0 Å². The molecule has 0 unspecified atom stereocenters. The van der Waals surface area contributed by atoms with Gasteiger partial charge in [-0.05, 0) is 84.0 Å². The third-order valence-corrected chi connectivity index (χ3v) is 7.46. The van der Waals surface area contributed by atoms with Crippen LogP contribution in [-0.4, -0.2) is 0 Å². The maximum absolute atomic E-state index is 15.2. The Balaban J connectivity index is 1.37. The van der Waals surface area contributed by atoms with E-state index in [4.69, 9.17) is 11.6 Å². The van der Waals surface area contributed by atoms with Crippen molar-refractivity contribution in [1.82, 2.24) is 0 Å². The van der Waals surface area contributed by atoms with E-state index < -0.39 is 46.5 Å². The van der Waals surface area contributed by atoms with Gasteiger partial charge in [-0.2, -0.15) is 8.78 Å². The highest BCUT2D eigenvalue weighted by Crippen LogP contribution is 2.39. The Kier molecular flexibility index (Phi) is 9.34. The lowest BCUT2D eigenvalue weighted by Crippen LogP contribution is -2.25. The first-order valence-corrected chi connectivity index (χ1v) is 14.2. The maximum Gasteiger partial charge on any atom is 0.432 e. The highest BCUT2D eigenvalue weighted by atomic mass is 35.5. The van der Waals surface area contributed by atoms with Crippen molar-refractivity contribution in [3.63, 3.8) is 0 Å². The third-order valence-electron chi connectivity index (χ3n) is 7.15. The van der Waals surface area contributed by atoms with Crippen LogP contribution >= 0.6 is 11.6 Å². The van der Waals surface area contributed by atoms with Gasteiger partial charge in [0.15, 0.2) is 0 Å². The molecule has 5 aromatic rings. The first-order valence-electron chi connectivity index (χ1n) is 13.8. The fourth-order valence-corrected chi connectivity index (χ4v) is 4.99. The van der Waals surface area contributed by atoms with Gasteiger partial charge in [-0.25, -0.2) is 22.0 Å². The molecule has 0 aliphatic rings. The molecular formula is C36H24ClF7O. The summed E-state index contributed by atoms with van der Waals surface area (Å²) in [6.07, 6.45) is 1.33. The second-order valence-corrected chi connectivity index (χ2v) is 10.6. The number of allylic oxidation sites excluding steroid dienone is 2. The largest absolute Gasteiger partial charge is 0.432 e. The molecule has 0 radical (unpaired) electrons. The molecular weight excluding hydrogens is 617 g/mol. The zero-order valence-electron chi connectivity index (χ0n) is 23.7. The molecule has 5 aromatic carbocycles. The van der Waals surface area contributed by atoms with Gasteiger partial charge in [0.05, 0.1) is 5.02 Å². The minimum atomic E-state index is -4.55. The van der Waals surface area contributed by atoms with Crippen molar-refractivity contribution in [3.8, 4) is 39.1 Å². The SMILES string of the molecule is C/C=C/CCc1ccc(-c2ccc(-c3ccc(-c4cc(F)c(C(F)(F)Oc5ccc(Cl)c(F)c5)c(F)c4)c(F)c3)c(F)c2)cc1. The van der Waals surface area contributed by atoms with Crippen molar-refractivity contribution in [3.05, 3.63) is 148 Å². The summed E-state index contributed by atoms with van der Waals surface area (Å²) in [5, 5.41) is -0.364. The lowest BCUT2D eigenvalue weighted by Gasteiger charge is -2.20. The van der Waals surface area contributed by atoms with Gasteiger partial charge >= 0.3 is 6.11 Å². The molecule has 0 fully saturated rings. The Hall–Kier alpha value is -4.56. The fourth-order valence-electron chi connectivity index (χ4n) is 4.87. The first kappa shape index (κ1) is 31.9. The van der Waals surface area contributed by atoms with E-state index in [9.17, 15) is 22.0 Å². The molecule has 0 saturated heterocycles. The molecule has 0 N–H and O–H groups in total. The van der Waals surface area contributed by atoms with Gasteiger partial charge in [0.25, 0.3) is 0 Å². The van der Waals surface area contributed by atoms with Crippen molar-refractivity contribution in [1.29, 1.82) is 0 Å². The van der Waals surface area contributed by atoms with Crippen molar-refractivity contribution < 1.29 is 35.5 Å². The average molecular weight is 641 g/mol. The number of benzene rings is 5. The number of halogens is 8. The standard InChI is InChI=1S/C36H24ClF7O/c1-2-3-4-5-21-6-8-22(9-7-21)23-10-13-27(30(38)16-23)24-11-14-28(31(39)17-24)25-18-33(41)35(34(42)19-25)36(43,44)45-26-12-15-29(37)32(40)20-26/h2-3,6-20H,4-5H2,1H3/b3-2+. The summed E-state index contributed by atoms with van der Waals surface area (Å²) < 4.78 is 108. The van der Waals surface area contributed by atoms with E-state index in [1.54, 1.807) is 6.07 Å². The molecule has 0 aliphatic heterocycles. The van der Waals surface area contributed by atoms with Crippen LogP contribution in [0.5, 0.6) is 5.75 Å². The molecule has 45 heavy (non-hydrogen) atoms. The highest BCUT2D eigenvalue weighted by molar-refractivity contribution is 6.30. The minimum Gasteiger partial charge on any atom is -0.429 e. The van der Waals surface area contributed by atoms with Gasteiger partial charge in [-0.3, -0.25) is 0 Å². The van der Waals surface area contributed by atoms with Gasteiger partial charge in [0.2, 0.25) is 0 Å². The smallest absolute Gasteiger partial charge is 0.429 e. The average Bonchev–Trinajstić information content (AvgIpc) is 2.98. The molecule has 0 saturated carbocycles. The summed E-state index contributed by atoms with van der Waals surface area (Å²) in [5.74, 6) is -6.81. The molecule has 0 bridgehead atoms. The van der Waals surface area contributed by atoms with E-state index in [2.05, 4.69) is 10.8 Å². The topological polar surface area (TPSA) is 9.23 Å². The molecule has 9 heteroatoms. The van der Waals surface area contributed by atoms with Crippen molar-refractivity contribution in [2.24, 2.45) is 0 Å². The summed E-state index contributed by atoms with van der Waals surface area (Å²) >= 11 is 5.52. The summed E-state index contributed by atoms with van der Waals surface area (Å²) in [7, 11) is 0. The molecule has 1 nitrogen and oxygen atoms in total. The van der Waals surface area contributed by atoms with Crippen LogP contribution in [0.25, 0.3) is 33.4 Å². The van der Waals surface area contributed by atoms with Crippen LogP contribution in [0, 0.1) is 29.1 Å². The number of aryl methyl sites for hydroxylation is 1. The van der Waals surface area contributed by atoms with E-state index in [-0.39, 0.29) is 27.3 Å². The van der Waals surface area contributed by atoms with E-state index >= 15 is 8.78 Å². The molecule has 0 amide bonds. The zero-order valence-corrected chi connectivity index (χ0v) is 24.4. The Morgan fingerprint density at radius 3 is 1.78 bits per heavy atom. The molecule has 0 spiro atoms. The second-order valence-electron chi connectivity index (χ2n) is 10.2. The summed E-state index contributed by atoms with van der Waals surface area (Å²) in [4.78, 5) is 0. The van der Waals surface area contributed by atoms with Crippen LogP contribution in [0.4, 0.5) is 30.7 Å². The maximum atomic E-state index is 15.2. The van der Waals surface area contributed by atoms with Crippen LogP contribution in [0.3, 0.4) is 0 Å². The first-order chi connectivity index (χ1) is 21.5. The van der Waals surface area contributed by atoms with Gasteiger partial charge < -0.3 is 4.74 Å². The van der Waals surface area contributed by atoms with Crippen molar-refractivity contribution >= 4 is 11.6 Å². The predicted octanol–water partition coefficient (Wildman–Crippen LogP) is 11.7. The van der Waals surface area contributed by atoms with Crippen LogP contribution < -0.4 is 4.74 Å². The fraction of sp³-hybridized carbons (Fsp3) is 0.111. The number of hydrogen-bond acceptors (Lipinski definition) is 1. The number of hydrogen-bond donors (Lipinski definition) is 0. The number of rotatable bonds is 9. The zero-order chi connectivity index (χ0) is 32.3. The summed E-state index contributed by atoms with van der Waals surface area (Å²) in [6.45, 7) is 1.96. The Morgan fingerprint density at radius 2 is 1.18 bits per heavy atom. The quantitative estimate of drug-likeness (QED) is 0.115. The molecule has 230 valence electrons. The Labute approximate surface area is 260 Å². The lowest BCUT2D eigenvalue weighted by atomic mass is 9.96. The Bertz CT molecular complexity index is 1860. The normalized spacial score (nSPS) is 11.8. The van der Waals surface area contributed by atoms with Gasteiger partial charge in [0, 0.05) is 17.2 Å². The number of alkyl halides is 2. The monoisotopic (exact) mass is 640 g/mol. The van der Waals surface area contributed by atoms with E-state index in [1.807, 2.05) is 37.3 Å². The van der Waals surface area contributed by atoms with Crippen LogP contribution in [0.15, 0.2) is 103 Å². The molecule has 0 aromatic heterocycles. The van der Waals surface area contributed by atoms with Crippen molar-refractivity contribution in [2.75, 3.05) is 0 Å². The third kappa shape index (κ3) is 7.07. The molecule has 5 rings (SSSR count). The van der Waals surface area contributed by atoms with Crippen LogP contribution in [0.2, 0.25) is 5.02 Å². The summed E-state index contributed by atoms with van der Waals surface area (Å²) in [6, 6.07) is 19.2. The van der Waals surface area contributed by atoms with Crippen LogP contribution in [-0.2, 0) is 12.5 Å². The van der Waals surface area contributed by atoms with Gasteiger partial charge in [-0.1, -0.05) is 72.3 Å². The summed E-state index contributed by atoms with van der Waals surface area (Å²) in [5.41, 5.74) is 0.402. The van der Waals surface area contributed by atoms with E-state index in [0.29, 0.717) is 23.8 Å². The Morgan fingerprint density at radius 1 is 0.622 bits per heavy atom. The molecule has 0 aliphatic carbocycles. The molecule has 0 heterocycles. The highest BCUT2D eigenvalue weighted by Gasteiger charge is 2.41. The van der Waals surface area contributed by atoms with Crippen LogP contribution in [0.1, 0.15) is 24.5 Å². The number of ether oxygens (including phenoxy) is 1. The second kappa shape index (κ2) is 13.2. The predicted molar refractivity (Wildman–Crippen MR) is 162 cm³/mol. The van der Waals surface area contributed by atoms with E-state index in [1.165, 1.54) is 24.3 Å². The minimum absolute atomic E-state index is 0.0929. The lowest BCUT2D eigenvalue weighted by molar-refractivity contribution is -0.189. The van der Waals surface area contributed by atoms with Gasteiger partial charge in [0.1, 0.15) is 40.4 Å². The van der Waals surface area contributed by atoms with E-state index in [0.717, 1.165) is 42.2 Å². The molecule has 0 atom stereocenters.